The number of anilines is 1. The van der Waals surface area contributed by atoms with E-state index in [2.05, 4.69) is 44.8 Å². The zero-order chi connectivity index (χ0) is 15.5. The highest BCUT2D eigenvalue weighted by molar-refractivity contribution is 5.39. The van der Waals surface area contributed by atoms with Gasteiger partial charge >= 0.3 is 0 Å². The molecule has 0 spiro atoms. The van der Waals surface area contributed by atoms with Crippen LogP contribution in [0.25, 0.3) is 0 Å². The predicted molar refractivity (Wildman–Crippen MR) is 87.8 cm³/mol. The van der Waals surface area contributed by atoms with E-state index in [-0.39, 0.29) is 0 Å². The van der Waals surface area contributed by atoms with Crippen LogP contribution in [0.4, 0.5) is 5.82 Å². The first-order valence-corrected chi connectivity index (χ1v) is 7.78. The molecule has 2 aromatic heterocycles. The van der Waals surface area contributed by atoms with E-state index >= 15 is 0 Å². The van der Waals surface area contributed by atoms with E-state index in [1.54, 1.807) is 6.33 Å². The second-order valence-electron chi connectivity index (χ2n) is 6.05. The van der Waals surface area contributed by atoms with Crippen LogP contribution in [0.1, 0.15) is 23.4 Å². The first kappa shape index (κ1) is 14.9. The van der Waals surface area contributed by atoms with Crippen molar-refractivity contribution in [2.75, 3.05) is 25.0 Å². The van der Waals surface area contributed by atoms with E-state index in [4.69, 9.17) is 0 Å². The number of pyridine rings is 1. The Balaban J connectivity index is 1.64. The molecule has 1 fully saturated rings. The average molecular weight is 297 g/mol. The molecule has 2 aromatic rings. The van der Waals surface area contributed by atoms with E-state index in [9.17, 15) is 0 Å². The summed E-state index contributed by atoms with van der Waals surface area (Å²) in [5.74, 6) is 1.01. The SMILES string of the molecule is Cc1cc(N(C)C2CCN(Cc3cccnc3C)C2)ncn1. The van der Waals surface area contributed by atoms with Crippen molar-refractivity contribution in [1.29, 1.82) is 0 Å². The van der Waals surface area contributed by atoms with Crippen LogP contribution in [0.5, 0.6) is 0 Å². The van der Waals surface area contributed by atoms with Gasteiger partial charge in [-0.15, -0.1) is 0 Å². The van der Waals surface area contributed by atoms with Crippen LogP contribution in [0, 0.1) is 13.8 Å². The highest BCUT2D eigenvalue weighted by Crippen LogP contribution is 2.21. The summed E-state index contributed by atoms with van der Waals surface area (Å²) < 4.78 is 0. The fourth-order valence-corrected chi connectivity index (χ4v) is 3.02. The Bertz CT molecular complexity index is 642. The van der Waals surface area contributed by atoms with Crippen molar-refractivity contribution in [3.8, 4) is 0 Å². The highest BCUT2D eigenvalue weighted by atomic mass is 15.3. The van der Waals surface area contributed by atoms with Crippen molar-refractivity contribution in [1.82, 2.24) is 19.9 Å². The van der Waals surface area contributed by atoms with Crippen molar-refractivity contribution in [2.24, 2.45) is 0 Å². The van der Waals surface area contributed by atoms with Crippen LogP contribution in [0.15, 0.2) is 30.7 Å². The maximum Gasteiger partial charge on any atom is 0.132 e. The summed E-state index contributed by atoms with van der Waals surface area (Å²) in [6, 6.07) is 6.75. The van der Waals surface area contributed by atoms with Gasteiger partial charge in [-0.3, -0.25) is 9.88 Å². The third-order valence-electron chi connectivity index (χ3n) is 4.46. The van der Waals surface area contributed by atoms with E-state index in [1.807, 2.05) is 25.3 Å². The van der Waals surface area contributed by atoms with Gasteiger partial charge in [0.2, 0.25) is 0 Å². The summed E-state index contributed by atoms with van der Waals surface area (Å²) in [4.78, 5) is 17.7. The third kappa shape index (κ3) is 3.25. The first-order valence-electron chi connectivity index (χ1n) is 7.78. The Kier molecular flexibility index (Phi) is 4.34. The lowest BCUT2D eigenvalue weighted by Crippen LogP contribution is -2.35. The third-order valence-corrected chi connectivity index (χ3v) is 4.46. The molecule has 0 aliphatic carbocycles. The van der Waals surface area contributed by atoms with Crippen LogP contribution < -0.4 is 4.90 Å². The van der Waals surface area contributed by atoms with Gasteiger partial charge in [0.05, 0.1) is 0 Å². The summed E-state index contributed by atoms with van der Waals surface area (Å²) >= 11 is 0. The lowest BCUT2D eigenvalue weighted by Gasteiger charge is -2.26. The summed E-state index contributed by atoms with van der Waals surface area (Å²) in [6.45, 7) is 7.25. The topological polar surface area (TPSA) is 45.2 Å². The Labute approximate surface area is 132 Å². The zero-order valence-corrected chi connectivity index (χ0v) is 13.5. The largest absolute Gasteiger partial charge is 0.355 e. The molecule has 1 saturated heterocycles. The van der Waals surface area contributed by atoms with Crippen LogP contribution in [-0.2, 0) is 6.54 Å². The molecule has 0 radical (unpaired) electrons. The van der Waals surface area contributed by atoms with Gasteiger partial charge in [0.15, 0.2) is 0 Å². The number of nitrogens with zero attached hydrogens (tertiary/aromatic N) is 5. The average Bonchev–Trinajstić information content (AvgIpc) is 2.97. The van der Waals surface area contributed by atoms with Crippen molar-refractivity contribution in [3.05, 3.63) is 47.7 Å². The van der Waals surface area contributed by atoms with Gasteiger partial charge in [-0.25, -0.2) is 9.97 Å². The second kappa shape index (κ2) is 6.40. The summed E-state index contributed by atoms with van der Waals surface area (Å²) in [5, 5.41) is 0. The number of likely N-dealkylation sites (N-methyl/N-ethyl adjacent to an activating group) is 1. The minimum absolute atomic E-state index is 0.506. The molecule has 5 heteroatoms. The summed E-state index contributed by atoms with van der Waals surface area (Å²) in [6.07, 6.45) is 4.67. The van der Waals surface area contributed by atoms with E-state index < -0.39 is 0 Å². The number of aryl methyl sites for hydroxylation is 2. The van der Waals surface area contributed by atoms with Crippen LogP contribution >= 0.6 is 0 Å². The van der Waals surface area contributed by atoms with Gasteiger partial charge < -0.3 is 4.90 Å². The van der Waals surface area contributed by atoms with Crippen LogP contribution in [-0.4, -0.2) is 46.0 Å². The molecule has 0 N–H and O–H groups in total. The quantitative estimate of drug-likeness (QED) is 0.865. The van der Waals surface area contributed by atoms with Gasteiger partial charge in [0.25, 0.3) is 0 Å². The number of likely N-dealkylation sites (tertiary alicyclic amines) is 1. The molecule has 1 aliphatic rings. The minimum atomic E-state index is 0.506. The lowest BCUT2D eigenvalue weighted by atomic mass is 10.2. The molecule has 3 rings (SSSR count). The van der Waals surface area contributed by atoms with Crippen molar-refractivity contribution >= 4 is 5.82 Å². The molecule has 0 aromatic carbocycles. The lowest BCUT2D eigenvalue weighted by molar-refractivity contribution is 0.324. The van der Waals surface area contributed by atoms with Gasteiger partial charge in [-0.2, -0.15) is 0 Å². The Morgan fingerprint density at radius 3 is 2.91 bits per heavy atom. The van der Waals surface area contributed by atoms with Crippen molar-refractivity contribution < 1.29 is 0 Å². The Morgan fingerprint density at radius 2 is 2.14 bits per heavy atom. The normalized spacial score (nSPS) is 18.6. The van der Waals surface area contributed by atoms with Crippen molar-refractivity contribution in [2.45, 2.75) is 32.9 Å². The smallest absolute Gasteiger partial charge is 0.132 e. The zero-order valence-electron chi connectivity index (χ0n) is 13.5. The Hall–Kier alpha value is -2.01. The van der Waals surface area contributed by atoms with Crippen LogP contribution in [0.2, 0.25) is 0 Å². The maximum atomic E-state index is 4.39. The Morgan fingerprint density at radius 1 is 1.27 bits per heavy atom. The predicted octanol–water partition coefficient (Wildman–Crippen LogP) is 2.20. The van der Waals surface area contributed by atoms with E-state index in [0.717, 1.165) is 36.8 Å². The molecule has 22 heavy (non-hydrogen) atoms. The fourth-order valence-electron chi connectivity index (χ4n) is 3.02. The molecule has 0 bridgehead atoms. The molecule has 5 nitrogen and oxygen atoms in total. The molecule has 1 atom stereocenters. The number of hydrogen-bond donors (Lipinski definition) is 0. The minimum Gasteiger partial charge on any atom is -0.355 e. The monoisotopic (exact) mass is 297 g/mol. The molecule has 116 valence electrons. The number of aromatic nitrogens is 3. The van der Waals surface area contributed by atoms with Gasteiger partial charge in [0, 0.05) is 56.4 Å². The molecule has 1 aliphatic heterocycles. The number of hydrogen-bond acceptors (Lipinski definition) is 5. The first-order chi connectivity index (χ1) is 10.6. The molecular formula is C17H23N5. The second-order valence-corrected chi connectivity index (χ2v) is 6.05. The van der Waals surface area contributed by atoms with E-state index in [0.29, 0.717) is 6.04 Å². The number of rotatable bonds is 4. The van der Waals surface area contributed by atoms with Crippen molar-refractivity contribution in [3.63, 3.8) is 0 Å². The summed E-state index contributed by atoms with van der Waals surface area (Å²) in [5.41, 5.74) is 3.46. The van der Waals surface area contributed by atoms with E-state index in [1.165, 1.54) is 12.0 Å². The standard InChI is InChI=1S/C17H23N5/c1-13-9-17(20-12-19-13)21(3)16-6-8-22(11-16)10-15-5-4-7-18-14(15)2/h4-5,7,9,12,16H,6,8,10-11H2,1-3H3. The molecule has 1 unspecified atom stereocenters. The fraction of sp³-hybridized carbons (Fsp3) is 0.471. The summed E-state index contributed by atoms with van der Waals surface area (Å²) in [7, 11) is 2.13. The van der Waals surface area contributed by atoms with Crippen LogP contribution in [0.3, 0.4) is 0 Å². The highest BCUT2D eigenvalue weighted by Gasteiger charge is 2.26. The van der Waals surface area contributed by atoms with Gasteiger partial charge in [-0.05, 0) is 31.9 Å². The molecule has 0 amide bonds. The maximum absolute atomic E-state index is 4.39. The molecular weight excluding hydrogens is 274 g/mol. The van der Waals surface area contributed by atoms with Gasteiger partial charge in [0.1, 0.15) is 12.1 Å². The molecule has 0 saturated carbocycles. The molecule has 3 heterocycles. The van der Waals surface area contributed by atoms with Gasteiger partial charge in [-0.1, -0.05) is 6.07 Å².